The third-order valence-electron chi connectivity index (χ3n) is 1.85. The standard InChI is InChI=1S/C10H11ClO/c1-7-3-4-9(8(2)6-12)10(11)5-7/h3-6,8H,1-2H3. The van der Waals surface area contributed by atoms with Gasteiger partial charge in [0.2, 0.25) is 0 Å². The first-order chi connectivity index (χ1) is 5.65. The zero-order valence-corrected chi connectivity index (χ0v) is 7.93. The lowest BCUT2D eigenvalue weighted by atomic mass is 10.0. The van der Waals surface area contributed by atoms with Crippen molar-refractivity contribution in [2.24, 2.45) is 0 Å². The lowest BCUT2D eigenvalue weighted by molar-refractivity contribution is -0.108. The van der Waals surface area contributed by atoms with Gasteiger partial charge in [0.05, 0.1) is 0 Å². The van der Waals surface area contributed by atoms with E-state index in [0.717, 1.165) is 17.4 Å². The molecule has 0 saturated carbocycles. The minimum absolute atomic E-state index is 0.113. The predicted octanol–water partition coefficient (Wildman–Crippen LogP) is 2.95. The summed E-state index contributed by atoms with van der Waals surface area (Å²) in [5.74, 6) is -0.113. The van der Waals surface area contributed by atoms with Crippen molar-refractivity contribution in [3.8, 4) is 0 Å². The van der Waals surface area contributed by atoms with Crippen molar-refractivity contribution in [2.75, 3.05) is 0 Å². The number of aryl methyl sites for hydroxylation is 1. The van der Waals surface area contributed by atoms with E-state index >= 15 is 0 Å². The second kappa shape index (κ2) is 3.72. The first-order valence-electron chi connectivity index (χ1n) is 3.86. The number of benzene rings is 1. The second-order valence-electron chi connectivity index (χ2n) is 2.95. The highest BCUT2D eigenvalue weighted by atomic mass is 35.5. The summed E-state index contributed by atoms with van der Waals surface area (Å²) >= 11 is 5.94. The zero-order valence-electron chi connectivity index (χ0n) is 7.17. The van der Waals surface area contributed by atoms with Crippen LogP contribution < -0.4 is 0 Å². The molecule has 0 heterocycles. The maximum Gasteiger partial charge on any atom is 0.127 e. The van der Waals surface area contributed by atoms with E-state index in [4.69, 9.17) is 11.6 Å². The fraction of sp³-hybridized carbons (Fsp3) is 0.300. The quantitative estimate of drug-likeness (QED) is 0.643. The van der Waals surface area contributed by atoms with Crippen LogP contribution in [-0.2, 0) is 4.79 Å². The van der Waals surface area contributed by atoms with E-state index in [9.17, 15) is 4.79 Å². The lowest BCUT2D eigenvalue weighted by Gasteiger charge is -2.06. The van der Waals surface area contributed by atoms with Crippen molar-refractivity contribution in [3.05, 3.63) is 34.3 Å². The Bertz CT molecular complexity index is 294. The van der Waals surface area contributed by atoms with E-state index in [1.807, 2.05) is 32.0 Å². The van der Waals surface area contributed by atoms with E-state index in [-0.39, 0.29) is 5.92 Å². The molecule has 1 atom stereocenters. The van der Waals surface area contributed by atoms with Gasteiger partial charge in [-0.3, -0.25) is 0 Å². The molecule has 0 amide bonds. The summed E-state index contributed by atoms with van der Waals surface area (Å²) in [4.78, 5) is 10.5. The highest BCUT2D eigenvalue weighted by Gasteiger charge is 2.07. The third kappa shape index (κ3) is 1.86. The molecule has 1 aromatic carbocycles. The summed E-state index contributed by atoms with van der Waals surface area (Å²) in [6.07, 6.45) is 0.899. The van der Waals surface area contributed by atoms with Gasteiger partial charge in [0, 0.05) is 10.9 Å². The maximum atomic E-state index is 10.5. The van der Waals surface area contributed by atoms with Gasteiger partial charge in [-0.15, -0.1) is 0 Å². The number of carbonyl (C=O) groups is 1. The molecule has 0 spiro atoms. The molecule has 0 saturated heterocycles. The second-order valence-corrected chi connectivity index (χ2v) is 3.36. The molecular weight excluding hydrogens is 172 g/mol. The van der Waals surface area contributed by atoms with Crippen LogP contribution in [0.4, 0.5) is 0 Å². The average molecular weight is 183 g/mol. The fourth-order valence-corrected chi connectivity index (χ4v) is 1.48. The Hall–Kier alpha value is -0.820. The Morgan fingerprint density at radius 2 is 2.17 bits per heavy atom. The maximum absolute atomic E-state index is 10.5. The largest absolute Gasteiger partial charge is 0.303 e. The van der Waals surface area contributed by atoms with Gasteiger partial charge in [-0.2, -0.15) is 0 Å². The predicted molar refractivity (Wildman–Crippen MR) is 50.7 cm³/mol. The number of aldehydes is 1. The van der Waals surface area contributed by atoms with Crippen molar-refractivity contribution in [2.45, 2.75) is 19.8 Å². The number of hydrogen-bond acceptors (Lipinski definition) is 1. The van der Waals surface area contributed by atoms with E-state index < -0.39 is 0 Å². The molecule has 64 valence electrons. The van der Waals surface area contributed by atoms with Crippen LogP contribution in [0, 0.1) is 6.92 Å². The van der Waals surface area contributed by atoms with Gasteiger partial charge >= 0.3 is 0 Å². The van der Waals surface area contributed by atoms with Gasteiger partial charge in [-0.05, 0) is 24.1 Å². The van der Waals surface area contributed by atoms with Gasteiger partial charge in [0.25, 0.3) is 0 Å². The number of carbonyl (C=O) groups excluding carboxylic acids is 1. The van der Waals surface area contributed by atoms with Gasteiger partial charge in [-0.25, -0.2) is 0 Å². The molecule has 12 heavy (non-hydrogen) atoms. The Kier molecular flexibility index (Phi) is 2.88. The van der Waals surface area contributed by atoms with Gasteiger partial charge < -0.3 is 4.79 Å². The summed E-state index contributed by atoms with van der Waals surface area (Å²) in [6.45, 7) is 3.81. The molecule has 1 nitrogen and oxygen atoms in total. The van der Waals surface area contributed by atoms with Crippen LogP contribution >= 0.6 is 11.6 Å². The molecule has 0 N–H and O–H groups in total. The van der Waals surface area contributed by atoms with Crippen molar-refractivity contribution in [1.29, 1.82) is 0 Å². The van der Waals surface area contributed by atoms with Gasteiger partial charge in [-0.1, -0.05) is 30.7 Å². The van der Waals surface area contributed by atoms with Crippen LogP contribution in [-0.4, -0.2) is 6.29 Å². The molecule has 1 rings (SSSR count). The number of halogens is 1. The Morgan fingerprint density at radius 1 is 1.50 bits per heavy atom. The first kappa shape index (κ1) is 9.27. The van der Waals surface area contributed by atoms with Crippen molar-refractivity contribution >= 4 is 17.9 Å². The van der Waals surface area contributed by atoms with Gasteiger partial charge in [0.15, 0.2) is 0 Å². The molecule has 0 fully saturated rings. The molecule has 0 aliphatic heterocycles. The highest BCUT2D eigenvalue weighted by Crippen LogP contribution is 2.23. The summed E-state index contributed by atoms with van der Waals surface area (Å²) in [6, 6.07) is 5.73. The Labute approximate surface area is 77.4 Å². The van der Waals surface area contributed by atoms with E-state index in [0.29, 0.717) is 5.02 Å². The molecule has 2 heteroatoms. The molecule has 1 unspecified atom stereocenters. The smallest absolute Gasteiger partial charge is 0.127 e. The number of hydrogen-bond donors (Lipinski definition) is 0. The minimum atomic E-state index is -0.113. The average Bonchev–Trinajstić information content (AvgIpc) is 2.03. The SMILES string of the molecule is Cc1ccc(C(C)C=O)c(Cl)c1. The van der Waals surface area contributed by atoms with Crippen LogP contribution in [0.15, 0.2) is 18.2 Å². The van der Waals surface area contributed by atoms with Crippen LogP contribution in [0.2, 0.25) is 5.02 Å². The molecular formula is C10H11ClO. The molecule has 0 bridgehead atoms. The van der Waals surface area contributed by atoms with E-state index in [1.54, 1.807) is 0 Å². The van der Waals surface area contributed by atoms with Crippen molar-refractivity contribution < 1.29 is 4.79 Å². The lowest BCUT2D eigenvalue weighted by Crippen LogP contribution is -1.95. The fourth-order valence-electron chi connectivity index (χ4n) is 1.07. The number of rotatable bonds is 2. The normalized spacial score (nSPS) is 12.6. The van der Waals surface area contributed by atoms with Crippen molar-refractivity contribution in [1.82, 2.24) is 0 Å². The van der Waals surface area contributed by atoms with E-state index in [2.05, 4.69) is 0 Å². The molecule has 0 aromatic heterocycles. The van der Waals surface area contributed by atoms with E-state index in [1.165, 1.54) is 0 Å². The van der Waals surface area contributed by atoms with Crippen LogP contribution in [0.25, 0.3) is 0 Å². The van der Waals surface area contributed by atoms with Crippen LogP contribution in [0.5, 0.6) is 0 Å². The summed E-state index contributed by atoms with van der Waals surface area (Å²) in [5.41, 5.74) is 2.01. The minimum Gasteiger partial charge on any atom is -0.303 e. The Morgan fingerprint density at radius 3 is 2.67 bits per heavy atom. The summed E-state index contributed by atoms with van der Waals surface area (Å²) in [7, 11) is 0. The topological polar surface area (TPSA) is 17.1 Å². The van der Waals surface area contributed by atoms with Gasteiger partial charge in [0.1, 0.15) is 6.29 Å². The summed E-state index contributed by atoms with van der Waals surface area (Å²) < 4.78 is 0. The third-order valence-corrected chi connectivity index (χ3v) is 2.18. The highest BCUT2D eigenvalue weighted by molar-refractivity contribution is 6.31. The molecule has 0 aliphatic carbocycles. The van der Waals surface area contributed by atoms with Crippen LogP contribution in [0.1, 0.15) is 24.0 Å². The molecule has 0 aliphatic rings. The summed E-state index contributed by atoms with van der Waals surface area (Å²) in [5, 5.41) is 0.676. The zero-order chi connectivity index (χ0) is 9.14. The van der Waals surface area contributed by atoms with Crippen molar-refractivity contribution in [3.63, 3.8) is 0 Å². The first-order valence-corrected chi connectivity index (χ1v) is 4.24. The molecule has 0 radical (unpaired) electrons. The monoisotopic (exact) mass is 182 g/mol. The molecule has 1 aromatic rings. The Balaban J connectivity index is 3.09. The van der Waals surface area contributed by atoms with Crippen LogP contribution in [0.3, 0.4) is 0 Å².